The van der Waals surface area contributed by atoms with E-state index in [1.54, 1.807) is 4.90 Å². The molecule has 0 fully saturated rings. The van der Waals surface area contributed by atoms with Crippen LogP contribution < -0.4 is 0 Å². The standard InChI is InChI=1S/C26H54NO4P/c1-4-7-10-13-16-19-22-25(32(29,30)31)26(28)27(23-20-17-14-11-8-5-2)24-21-18-15-12-9-6-3/h25H,4-24H2,1-3H3,(H2,29,30,31). The van der Waals surface area contributed by atoms with Crippen molar-refractivity contribution in [3.8, 4) is 0 Å². The highest BCUT2D eigenvalue weighted by atomic mass is 31.2. The number of hydrogen-bond donors (Lipinski definition) is 2. The summed E-state index contributed by atoms with van der Waals surface area (Å²) in [4.78, 5) is 34.9. The first-order chi connectivity index (χ1) is 15.4. The summed E-state index contributed by atoms with van der Waals surface area (Å²) >= 11 is 0. The Morgan fingerprint density at radius 2 is 0.969 bits per heavy atom. The van der Waals surface area contributed by atoms with E-state index in [1.807, 2.05) is 0 Å². The summed E-state index contributed by atoms with van der Waals surface area (Å²) in [5, 5.41) is 0. The molecular weight excluding hydrogens is 421 g/mol. The number of rotatable bonds is 23. The highest BCUT2D eigenvalue weighted by Crippen LogP contribution is 2.44. The van der Waals surface area contributed by atoms with Crippen molar-refractivity contribution in [2.24, 2.45) is 0 Å². The van der Waals surface area contributed by atoms with Crippen LogP contribution in [0.1, 0.15) is 143 Å². The minimum absolute atomic E-state index is 0.304. The lowest BCUT2D eigenvalue weighted by Gasteiger charge is -2.28. The molecule has 1 unspecified atom stereocenters. The van der Waals surface area contributed by atoms with Crippen molar-refractivity contribution >= 4 is 13.5 Å². The maximum absolute atomic E-state index is 13.2. The summed E-state index contributed by atoms with van der Waals surface area (Å²) in [6.45, 7) is 7.84. The molecule has 0 bridgehead atoms. The van der Waals surface area contributed by atoms with E-state index >= 15 is 0 Å². The van der Waals surface area contributed by atoms with Gasteiger partial charge < -0.3 is 14.7 Å². The van der Waals surface area contributed by atoms with Crippen molar-refractivity contribution in [1.29, 1.82) is 0 Å². The second-order valence-electron chi connectivity index (χ2n) is 9.52. The maximum Gasteiger partial charge on any atom is 0.337 e. The minimum atomic E-state index is -4.45. The van der Waals surface area contributed by atoms with E-state index in [1.165, 1.54) is 64.2 Å². The monoisotopic (exact) mass is 475 g/mol. The number of nitrogens with zero attached hydrogens (tertiary/aromatic N) is 1. The molecule has 1 atom stereocenters. The largest absolute Gasteiger partial charge is 0.342 e. The number of unbranched alkanes of at least 4 members (excludes halogenated alkanes) is 15. The minimum Gasteiger partial charge on any atom is -0.342 e. The second kappa shape index (κ2) is 21.2. The number of hydrogen-bond acceptors (Lipinski definition) is 2. The maximum atomic E-state index is 13.2. The van der Waals surface area contributed by atoms with E-state index < -0.39 is 13.3 Å². The Morgan fingerprint density at radius 3 is 1.34 bits per heavy atom. The van der Waals surface area contributed by atoms with Crippen LogP contribution in [0.15, 0.2) is 0 Å². The molecule has 0 saturated carbocycles. The Balaban J connectivity index is 4.78. The van der Waals surface area contributed by atoms with Crippen LogP contribution in [-0.2, 0) is 9.36 Å². The average molecular weight is 476 g/mol. The zero-order valence-corrected chi connectivity index (χ0v) is 22.4. The van der Waals surface area contributed by atoms with Crippen LogP contribution in [0, 0.1) is 0 Å². The van der Waals surface area contributed by atoms with Gasteiger partial charge in [-0.1, -0.05) is 124 Å². The molecule has 0 aliphatic carbocycles. The fraction of sp³-hybridized carbons (Fsp3) is 0.962. The van der Waals surface area contributed by atoms with Crippen LogP contribution in [0.5, 0.6) is 0 Å². The quantitative estimate of drug-likeness (QED) is 0.117. The Kier molecular flexibility index (Phi) is 20.9. The van der Waals surface area contributed by atoms with Gasteiger partial charge in [0.1, 0.15) is 5.66 Å². The van der Waals surface area contributed by atoms with E-state index in [4.69, 9.17) is 0 Å². The molecule has 0 spiro atoms. The van der Waals surface area contributed by atoms with Gasteiger partial charge in [-0.25, -0.2) is 0 Å². The fourth-order valence-corrected chi connectivity index (χ4v) is 5.23. The summed E-state index contributed by atoms with van der Waals surface area (Å²) in [6.07, 6.45) is 20.3. The molecule has 0 saturated heterocycles. The summed E-state index contributed by atoms with van der Waals surface area (Å²) in [5.41, 5.74) is -1.16. The van der Waals surface area contributed by atoms with Crippen LogP contribution >= 0.6 is 7.60 Å². The molecule has 0 rings (SSSR count). The molecular formula is C26H54NO4P. The summed E-state index contributed by atoms with van der Waals surface area (Å²) in [6, 6.07) is 0. The molecule has 0 heterocycles. The first kappa shape index (κ1) is 31.6. The van der Waals surface area contributed by atoms with Crippen LogP contribution in [-0.4, -0.2) is 39.3 Å². The van der Waals surface area contributed by atoms with Gasteiger partial charge in [-0.2, -0.15) is 0 Å². The molecule has 0 aromatic rings. The van der Waals surface area contributed by atoms with Crippen molar-refractivity contribution in [2.45, 2.75) is 148 Å². The van der Waals surface area contributed by atoms with Crippen LogP contribution in [0.3, 0.4) is 0 Å². The predicted molar refractivity (Wildman–Crippen MR) is 137 cm³/mol. The topological polar surface area (TPSA) is 77.8 Å². The van der Waals surface area contributed by atoms with Crippen molar-refractivity contribution < 1.29 is 19.1 Å². The Morgan fingerprint density at radius 1 is 0.625 bits per heavy atom. The molecule has 0 aromatic heterocycles. The lowest BCUT2D eigenvalue weighted by molar-refractivity contribution is -0.131. The molecule has 1 amide bonds. The van der Waals surface area contributed by atoms with E-state index in [2.05, 4.69) is 20.8 Å². The number of carbonyl (C=O) groups is 1. The van der Waals surface area contributed by atoms with Gasteiger partial charge in [0.25, 0.3) is 0 Å². The summed E-state index contributed by atoms with van der Waals surface area (Å²) in [5.74, 6) is -0.311. The lowest BCUT2D eigenvalue weighted by atomic mass is 10.1. The average Bonchev–Trinajstić information content (AvgIpc) is 2.75. The number of amides is 1. The highest BCUT2D eigenvalue weighted by molar-refractivity contribution is 7.53. The molecule has 6 heteroatoms. The van der Waals surface area contributed by atoms with E-state index in [0.717, 1.165) is 44.9 Å². The zero-order chi connectivity index (χ0) is 24.1. The van der Waals surface area contributed by atoms with Gasteiger partial charge in [-0.15, -0.1) is 0 Å². The van der Waals surface area contributed by atoms with Crippen LogP contribution in [0.4, 0.5) is 0 Å². The normalized spacial score (nSPS) is 12.8. The molecule has 0 aromatic carbocycles. The van der Waals surface area contributed by atoms with Crippen molar-refractivity contribution in [2.75, 3.05) is 13.1 Å². The van der Waals surface area contributed by atoms with E-state index in [0.29, 0.717) is 25.9 Å². The molecule has 5 nitrogen and oxygen atoms in total. The molecule has 2 N–H and O–H groups in total. The van der Waals surface area contributed by atoms with Gasteiger partial charge in [-0.3, -0.25) is 9.36 Å². The number of carbonyl (C=O) groups excluding carboxylic acids is 1. The van der Waals surface area contributed by atoms with E-state index in [9.17, 15) is 19.1 Å². The van der Waals surface area contributed by atoms with Crippen molar-refractivity contribution in [3.63, 3.8) is 0 Å². The SMILES string of the molecule is CCCCCCCCC(C(=O)N(CCCCCCCC)CCCCCCCC)P(=O)(O)O. The van der Waals surface area contributed by atoms with Crippen molar-refractivity contribution in [1.82, 2.24) is 4.90 Å². The Labute approximate surface area is 199 Å². The first-order valence-electron chi connectivity index (χ1n) is 13.7. The summed E-state index contributed by atoms with van der Waals surface area (Å²) < 4.78 is 12.2. The smallest absolute Gasteiger partial charge is 0.337 e. The summed E-state index contributed by atoms with van der Waals surface area (Å²) in [7, 11) is -4.45. The molecule has 0 aliphatic heterocycles. The van der Waals surface area contributed by atoms with Gasteiger partial charge in [0.05, 0.1) is 0 Å². The van der Waals surface area contributed by atoms with Gasteiger partial charge in [0, 0.05) is 13.1 Å². The first-order valence-corrected chi connectivity index (χ1v) is 15.4. The third-order valence-corrected chi connectivity index (χ3v) is 7.69. The highest BCUT2D eigenvalue weighted by Gasteiger charge is 2.37. The van der Waals surface area contributed by atoms with E-state index in [-0.39, 0.29) is 5.91 Å². The molecule has 192 valence electrons. The fourth-order valence-electron chi connectivity index (χ4n) is 4.26. The van der Waals surface area contributed by atoms with Gasteiger partial charge in [0.15, 0.2) is 0 Å². The third-order valence-electron chi connectivity index (χ3n) is 6.40. The third kappa shape index (κ3) is 17.1. The van der Waals surface area contributed by atoms with Crippen molar-refractivity contribution in [3.05, 3.63) is 0 Å². The Hall–Kier alpha value is -0.380. The second-order valence-corrected chi connectivity index (χ2v) is 11.3. The van der Waals surface area contributed by atoms with Gasteiger partial charge in [-0.05, 0) is 19.3 Å². The Bertz CT molecular complexity index is 464. The van der Waals surface area contributed by atoms with Gasteiger partial charge >= 0.3 is 7.60 Å². The molecule has 0 radical (unpaired) electrons. The molecule has 0 aliphatic rings. The molecule has 32 heavy (non-hydrogen) atoms. The zero-order valence-electron chi connectivity index (χ0n) is 21.5. The van der Waals surface area contributed by atoms with Crippen LogP contribution in [0.25, 0.3) is 0 Å². The lowest BCUT2D eigenvalue weighted by Crippen LogP contribution is -2.40. The predicted octanol–water partition coefficient (Wildman–Crippen LogP) is 7.83. The van der Waals surface area contributed by atoms with Crippen LogP contribution in [0.2, 0.25) is 0 Å². The van der Waals surface area contributed by atoms with Gasteiger partial charge in [0.2, 0.25) is 5.91 Å².